The van der Waals surface area contributed by atoms with Gasteiger partial charge in [0.2, 0.25) is 0 Å². The molecule has 1 atom stereocenters. The van der Waals surface area contributed by atoms with E-state index in [1.54, 1.807) is 5.32 Å². The molecule has 0 rings (SSSR count). The molecule has 16 heavy (non-hydrogen) atoms. The molecule has 0 spiro atoms. The summed E-state index contributed by atoms with van der Waals surface area (Å²) < 4.78 is 0. The van der Waals surface area contributed by atoms with Crippen LogP contribution in [0.25, 0.3) is 0 Å². The fourth-order valence-corrected chi connectivity index (χ4v) is 0.550. The summed E-state index contributed by atoms with van der Waals surface area (Å²) in [7, 11) is 0. The summed E-state index contributed by atoms with van der Waals surface area (Å²) in [5, 5.41) is 32.0. The summed E-state index contributed by atoms with van der Waals surface area (Å²) in [5.74, 6) is -5.55. The minimum absolute atomic E-state index is 0. The van der Waals surface area contributed by atoms with Crippen molar-refractivity contribution in [2.24, 2.45) is 0 Å². The zero-order valence-electron chi connectivity index (χ0n) is 9.60. The van der Waals surface area contributed by atoms with Crippen LogP contribution in [0.1, 0.15) is 6.92 Å². The van der Waals surface area contributed by atoms with Crippen molar-refractivity contribution in [2.45, 2.75) is 19.0 Å². The van der Waals surface area contributed by atoms with Gasteiger partial charge in [-0.05, 0) is 6.92 Å². The molecular weight excluding hydrogens is 251 g/mol. The number of hydrogen-bond acceptors (Lipinski definition) is 7. The molecule has 7 nitrogen and oxygen atoms in total. The van der Waals surface area contributed by atoms with Crippen LogP contribution in [0.4, 0.5) is 0 Å². The maximum absolute atomic E-state index is 10.1. The van der Waals surface area contributed by atoms with Crippen molar-refractivity contribution < 1.29 is 118 Å². The predicted octanol–water partition coefficient (Wildman–Crippen LogP) is -14.4. The molecule has 0 amide bonds. The molecular formula is C6H6NNa3O6. The number of hydrogen-bond donors (Lipinski definition) is 1. The topological polar surface area (TPSA) is 132 Å². The van der Waals surface area contributed by atoms with Gasteiger partial charge in [-0.15, -0.1) is 0 Å². The summed E-state index contributed by atoms with van der Waals surface area (Å²) >= 11 is 0. The van der Waals surface area contributed by atoms with E-state index in [-0.39, 0.29) is 88.7 Å². The molecule has 0 aliphatic carbocycles. The van der Waals surface area contributed by atoms with E-state index in [1.807, 2.05) is 0 Å². The van der Waals surface area contributed by atoms with Gasteiger partial charge in [-0.3, -0.25) is 5.32 Å². The van der Waals surface area contributed by atoms with Crippen LogP contribution in [-0.2, 0) is 14.4 Å². The average molecular weight is 257 g/mol. The maximum Gasteiger partial charge on any atom is 1.00 e. The average Bonchev–Trinajstić information content (AvgIpc) is 1.97. The Bertz CT molecular complexity index is 234. The molecule has 0 aromatic rings. The molecule has 0 fully saturated rings. The minimum atomic E-state index is -2.16. The Balaban J connectivity index is -0.000000240. The van der Waals surface area contributed by atoms with Gasteiger partial charge in [-0.1, -0.05) is 0 Å². The van der Waals surface area contributed by atoms with E-state index < -0.39 is 30.0 Å². The van der Waals surface area contributed by atoms with Crippen molar-refractivity contribution in [3.63, 3.8) is 0 Å². The predicted molar refractivity (Wildman–Crippen MR) is 31.4 cm³/mol. The molecule has 10 heteroatoms. The first-order chi connectivity index (χ1) is 5.86. The summed E-state index contributed by atoms with van der Waals surface area (Å²) in [6.07, 6.45) is 0. The van der Waals surface area contributed by atoms with E-state index in [1.165, 1.54) is 0 Å². The fourth-order valence-electron chi connectivity index (χ4n) is 0.550. The first kappa shape index (κ1) is 26.0. The van der Waals surface area contributed by atoms with Crippen LogP contribution < -0.4 is 109 Å². The largest absolute Gasteiger partial charge is 1.00 e. The van der Waals surface area contributed by atoms with E-state index in [9.17, 15) is 29.7 Å². The van der Waals surface area contributed by atoms with Crippen LogP contribution in [0, 0.1) is 0 Å². The monoisotopic (exact) mass is 257 g/mol. The van der Waals surface area contributed by atoms with E-state index in [0.29, 0.717) is 0 Å². The summed E-state index contributed by atoms with van der Waals surface area (Å²) in [5.41, 5.74) is 0. The Morgan fingerprint density at radius 1 is 0.875 bits per heavy atom. The van der Waals surface area contributed by atoms with Gasteiger partial charge < -0.3 is 29.7 Å². The SMILES string of the molecule is C[C@H](NC(C(=O)[O-])C(=O)[O-])C(=O)[O-].[Na+].[Na+].[Na+]. The van der Waals surface area contributed by atoms with E-state index in [0.717, 1.165) is 6.92 Å². The first-order valence-electron chi connectivity index (χ1n) is 3.25. The second-order valence-corrected chi connectivity index (χ2v) is 2.28. The van der Waals surface area contributed by atoms with E-state index in [2.05, 4.69) is 0 Å². The summed E-state index contributed by atoms with van der Waals surface area (Å²) in [4.78, 5) is 30.3. The molecule has 0 bridgehead atoms. The van der Waals surface area contributed by atoms with Crippen LogP contribution in [-0.4, -0.2) is 30.0 Å². The van der Waals surface area contributed by atoms with Crippen molar-refractivity contribution in [1.82, 2.24) is 5.32 Å². The Labute approximate surface area is 158 Å². The fraction of sp³-hybridized carbons (Fsp3) is 0.500. The zero-order chi connectivity index (χ0) is 10.6. The van der Waals surface area contributed by atoms with Crippen molar-refractivity contribution in [3.8, 4) is 0 Å². The van der Waals surface area contributed by atoms with Crippen molar-refractivity contribution >= 4 is 17.9 Å². The number of carboxylic acid groups (broad SMARTS) is 3. The smallest absolute Gasteiger partial charge is 0.548 e. The molecule has 0 saturated heterocycles. The van der Waals surface area contributed by atoms with Crippen LogP contribution in [0.5, 0.6) is 0 Å². The quantitative estimate of drug-likeness (QED) is 0.382. The van der Waals surface area contributed by atoms with Crippen LogP contribution >= 0.6 is 0 Å². The molecule has 0 saturated carbocycles. The number of carbonyl (C=O) groups is 3. The number of carboxylic acids is 3. The number of carbonyl (C=O) groups excluding carboxylic acids is 3. The van der Waals surface area contributed by atoms with Gasteiger partial charge in [-0.2, -0.15) is 0 Å². The third kappa shape index (κ3) is 10.5. The van der Waals surface area contributed by atoms with E-state index in [4.69, 9.17) is 0 Å². The summed E-state index contributed by atoms with van der Waals surface area (Å²) in [6.45, 7) is 1.04. The maximum atomic E-state index is 10.1. The molecule has 0 aromatic heterocycles. The Kier molecular flexibility index (Phi) is 20.9. The molecule has 0 unspecified atom stereocenters. The first-order valence-corrected chi connectivity index (χ1v) is 3.25. The van der Waals surface area contributed by atoms with Crippen LogP contribution in [0.15, 0.2) is 0 Å². The van der Waals surface area contributed by atoms with Crippen LogP contribution in [0.2, 0.25) is 0 Å². The zero-order valence-corrected chi connectivity index (χ0v) is 15.6. The third-order valence-electron chi connectivity index (χ3n) is 1.24. The van der Waals surface area contributed by atoms with Gasteiger partial charge in [0.25, 0.3) is 0 Å². The second kappa shape index (κ2) is 12.8. The normalized spacial score (nSPS) is 10.1. The van der Waals surface area contributed by atoms with Gasteiger partial charge in [0.15, 0.2) is 0 Å². The Morgan fingerprint density at radius 3 is 1.38 bits per heavy atom. The number of aliphatic carboxylic acids is 3. The number of rotatable bonds is 5. The van der Waals surface area contributed by atoms with Crippen molar-refractivity contribution in [1.29, 1.82) is 0 Å². The van der Waals surface area contributed by atoms with E-state index >= 15 is 0 Å². The second-order valence-electron chi connectivity index (χ2n) is 2.28. The molecule has 1 N–H and O–H groups in total. The Hall–Kier alpha value is 1.37. The van der Waals surface area contributed by atoms with Gasteiger partial charge in [0.05, 0.1) is 23.9 Å². The number of nitrogens with one attached hydrogen (secondary N) is 1. The van der Waals surface area contributed by atoms with Gasteiger partial charge in [0.1, 0.15) is 0 Å². The molecule has 0 aliphatic rings. The van der Waals surface area contributed by atoms with Crippen molar-refractivity contribution in [3.05, 3.63) is 0 Å². The molecule has 0 aliphatic heterocycles. The minimum Gasteiger partial charge on any atom is -0.548 e. The van der Waals surface area contributed by atoms with Gasteiger partial charge >= 0.3 is 88.7 Å². The standard InChI is InChI=1S/C6H9NO6.3Na/c1-2(4(8)9)7-3(5(10)11)6(12)13;;;/h2-3,7H,1H3,(H,8,9)(H,10,11)(H,12,13);;;/q;3*+1/p-3/t2-;;;/m0.../s1. The molecule has 74 valence electrons. The van der Waals surface area contributed by atoms with Crippen LogP contribution in [0.3, 0.4) is 0 Å². The van der Waals surface area contributed by atoms with Gasteiger partial charge in [-0.25, -0.2) is 0 Å². The summed E-state index contributed by atoms with van der Waals surface area (Å²) in [6, 6.07) is -3.58. The van der Waals surface area contributed by atoms with Crippen molar-refractivity contribution in [2.75, 3.05) is 0 Å². The third-order valence-corrected chi connectivity index (χ3v) is 1.24. The Morgan fingerprint density at radius 2 is 1.19 bits per heavy atom. The molecule has 0 heterocycles. The molecule has 0 aromatic carbocycles. The molecule has 0 radical (unpaired) electrons. The van der Waals surface area contributed by atoms with Gasteiger partial charge in [0, 0.05) is 6.04 Å².